The molecule has 0 amide bonds. The molecule has 0 saturated heterocycles. The quantitative estimate of drug-likeness (QED) is 0.120. The first-order chi connectivity index (χ1) is 35.7. The molecule has 0 aliphatic heterocycles. The van der Waals surface area contributed by atoms with Gasteiger partial charge in [0.25, 0.3) is 0 Å². The summed E-state index contributed by atoms with van der Waals surface area (Å²) in [6, 6.07) is 110. The largest absolute Gasteiger partial charge is 2.00 e. The second-order valence-electron chi connectivity index (χ2n) is 18.0. The maximum atomic E-state index is 3.15. The van der Waals surface area contributed by atoms with Crippen LogP contribution in [0, 0.1) is 86.5 Å². The van der Waals surface area contributed by atoms with Crippen molar-refractivity contribution in [3.05, 3.63) is 303 Å². The van der Waals surface area contributed by atoms with Gasteiger partial charge in [-0.25, -0.2) is 22.3 Å². The van der Waals surface area contributed by atoms with Crippen molar-refractivity contribution in [3.63, 3.8) is 0 Å². The molecule has 16 aromatic rings. The molecule has 0 saturated carbocycles. The zero-order valence-electron chi connectivity index (χ0n) is 40.6. The fourth-order valence-corrected chi connectivity index (χ4v) is 10.3. The molecule has 0 bridgehead atoms. The molecule has 342 valence electrons. The Balaban J connectivity index is 0.000000106. The van der Waals surface area contributed by atoms with Crippen molar-refractivity contribution in [1.29, 1.82) is 0 Å². The van der Waals surface area contributed by atoms with Gasteiger partial charge < -0.3 is 0 Å². The molecule has 0 aliphatic rings. The van der Waals surface area contributed by atoms with Crippen molar-refractivity contribution in [3.8, 4) is 22.3 Å². The monoisotopic (exact) mass is 1390 g/mol. The Bertz CT molecular complexity index is 3490. The zero-order chi connectivity index (χ0) is 48.1. The molecule has 0 nitrogen and oxygen atoms in total. The van der Waals surface area contributed by atoms with Gasteiger partial charge in [-0.15, -0.1) is 24.3 Å². The smallest absolute Gasteiger partial charge is 0.226 e. The van der Waals surface area contributed by atoms with Crippen molar-refractivity contribution in [2.45, 2.75) is 0 Å². The van der Waals surface area contributed by atoms with Crippen LogP contribution in [0.2, 0.25) is 0 Å². The second kappa shape index (κ2) is 23.3. The summed E-state index contributed by atoms with van der Waals surface area (Å²) < 4.78 is 0. The molecule has 0 N–H and O–H groups in total. The molecule has 0 unspecified atom stereocenters. The van der Waals surface area contributed by atoms with E-state index in [2.05, 4.69) is 206 Å². The third kappa shape index (κ3) is 10.4. The molecule has 16 rings (SSSR count). The van der Waals surface area contributed by atoms with Crippen molar-refractivity contribution in [1.82, 2.24) is 0 Å². The molecule has 0 fully saturated rings. The van der Waals surface area contributed by atoms with E-state index in [1.165, 1.54) is 97.0 Å². The summed E-state index contributed by atoms with van der Waals surface area (Å²) in [7, 11) is 0. The van der Waals surface area contributed by atoms with Crippen LogP contribution in [-0.4, -0.2) is 0 Å². The van der Waals surface area contributed by atoms with E-state index in [4.69, 9.17) is 0 Å². The minimum absolute atomic E-state index is 0. The molecule has 0 spiro atoms. The van der Waals surface area contributed by atoms with E-state index in [1.807, 2.05) is 97.1 Å². The van der Waals surface area contributed by atoms with Gasteiger partial charge >= 0.3 is 62.2 Å². The molecular weight excluding hydrogens is 1340 g/mol. The van der Waals surface area contributed by atoms with E-state index in [9.17, 15) is 0 Å². The third-order valence-corrected chi connectivity index (χ3v) is 13.6. The van der Waals surface area contributed by atoms with Crippen LogP contribution in [0.3, 0.4) is 0 Å². The predicted octanol–water partition coefficient (Wildman–Crippen LogP) is 19.7. The molecule has 2 heteroatoms. The molecule has 0 heterocycles. The number of hydrogen-bond donors (Lipinski definition) is 0. The third-order valence-electron chi connectivity index (χ3n) is 13.6. The summed E-state index contributed by atoms with van der Waals surface area (Å²) in [4.78, 5) is 0. The van der Waals surface area contributed by atoms with Crippen LogP contribution in [0.25, 0.3) is 119 Å². The van der Waals surface area contributed by atoms with E-state index in [1.54, 1.807) is 0 Å². The van der Waals surface area contributed by atoms with Crippen LogP contribution < -0.4 is 0 Å². The van der Waals surface area contributed by atoms with Gasteiger partial charge in [-0.05, 0) is 97.0 Å². The molecule has 0 aliphatic carbocycles. The molecule has 74 heavy (non-hydrogen) atoms. The summed E-state index contributed by atoms with van der Waals surface area (Å²) in [5.41, 5.74) is 4.38. The molecule has 0 radical (unpaired) electrons. The molecule has 0 atom stereocenters. The molecular formula is C72H46U2. The molecule has 16 aromatic carbocycles. The van der Waals surface area contributed by atoms with Crippen LogP contribution in [-0.2, 0) is 0 Å². The SMILES string of the molecule is [U+2].[U+2].[c-]1ccccc1-c1[c-]cccc1.[c-]1ccccc1-c1[c-]cccc1.c1cc2ccc3cccc4ccc(c1)c2c34.c1cc2ccc3cccc4ccc(c1)c2c34.c1cc2ccc3cccc4ccc(c1)c2c34. The Morgan fingerprint density at radius 2 is 0.297 bits per heavy atom. The topological polar surface area (TPSA) is 0 Å². The zero-order valence-corrected chi connectivity index (χ0v) is 48.9. The summed E-state index contributed by atoms with van der Waals surface area (Å²) >= 11 is 0. The number of rotatable bonds is 2. The van der Waals surface area contributed by atoms with E-state index in [0.29, 0.717) is 0 Å². The van der Waals surface area contributed by atoms with Gasteiger partial charge in [0.05, 0.1) is 0 Å². The van der Waals surface area contributed by atoms with E-state index in [-0.39, 0.29) is 62.2 Å². The Morgan fingerprint density at radius 1 is 0.149 bits per heavy atom. The van der Waals surface area contributed by atoms with E-state index < -0.39 is 0 Å². The standard InChI is InChI=1S/3C16H10.2C12H8.2U/c3*1-3-11-7-9-13-5-2-6-14-10-8-12(4-1)15(11)16(13)14;2*1-3-7-11(8-4-1)12-9-5-2-6-10-12;;/h3*1-10H;2*1-7,9H;;/q;;;2*-2;2*+2. The summed E-state index contributed by atoms with van der Waals surface area (Å²) in [6.45, 7) is 0. The Labute approximate surface area is 480 Å². The summed E-state index contributed by atoms with van der Waals surface area (Å²) in [6.07, 6.45) is 0. The van der Waals surface area contributed by atoms with Crippen molar-refractivity contribution < 1.29 is 62.2 Å². The average molecular weight is 1390 g/mol. The second-order valence-corrected chi connectivity index (χ2v) is 18.0. The first-order valence-corrected chi connectivity index (χ1v) is 24.5. The summed E-state index contributed by atoms with van der Waals surface area (Å²) in [5, 5.41) is 24.4. The Morgan fingerprint density at radius 3 is 0.419 bits per heavy atom. The normalized spacial score (nSPS) is 10.8. The van der Waals surface area contributed by atoms with Crippen molar-refractivity contribution >= 4 is 97.0 Å². The number of hydrogen-bond acceptors (Lipinski definition) is 0. The Hall–Kier alpha value is -7.26. The van der Waals surface area contributed by atoms with Crippen LogP contribution in [0.5, 0.6) is 0 Å². The van der Waals surface area contributed by atoms with Gasteiger partial charge in [-0.3, -0.25) is 0 Å². The minimum Gasteiger partial charge on any atom is -0.226 e. The first-order valence-electron chi connectivity index (χ1n) is 24.5. The molecule has 0 aromatic heterocycles. The van der Waals surface area contributed by atoms with Gasteiger partial charge in [0.2, 0.25) is 0 Å². The summed E-state index contributed by atoms with van der Waals surface area (Å²) in [5.74, 6) is 0. The maximum Gasteiger partial charge on any atom is 2.00 e. The van der Waals surface area contributed by atoms with Gasteiger partial charge in [0.15, 0.2) is 0 Å². The van der Waals surface area contributed by atoms with Crippen molar-refractivity contribution in [2.75, 3.05) is 0 Å². The van der Waals surface area contributed by atoms with Crippen molar-refractivity contribution in [2.24, 2.45) is 0 Å². The van der Waals surface area contributed by atoms with Crippen LogP contribution >= 0.6 is 0 Å². The van der Waals surface area contributed by atoms with Crippen LogP contribution in [0.15, 0.2) is 279 Å². The van der Waals surface area contributed by atoms with Gasteiger partial charge in [0, 0.05) is 0 Å². The Kier molecular flexibility index (Phi) is 15.8. The van der Waals surface area contributed by atoms with Gasteiger partial charge in [0.1, 0.15) is 0 Å². The maximum absolute atomic E-state index is 3.15. The minimum atomic E-state index is 0. The van der Waals surface area contributed by atoms with E-state index >= 15 is 0 Å². The van der Waals surface area contributed by atoms with Gasteiger partial charge in [-0.2, -0.15) is 97.1 Å². The van der Waals surface area contributed by atoms with Crippen LogP contribution in [0.4, 0.5) is 0 Å². The van der Waals surface area contributed by atoms with Gasteiger partial charge in [-0.1, -0.05) is 182 Å². The first kappa shape index (κ1) is 50.3. The fourth-order valence-electron chi connectivity index (χ4n) is 10.3. The predicted molar refractivity (Wildman–Crippen MR) is 310 cm³/mol. The van der Waals surface area contributed by atoms with Crippen LogP contribution in [0.1, 0.15) is 0 Å². The van der Waals surface area contributed by atoms with E-state index in [0.717, 1.165) is 22.3 Å². The number of benzene rings is 16. The average Bonchev–Trinajstić information content (AvgIpc) is 3.47. The fraction of sp³-hybridized carbons (Fsp3) is 0.